The quantitative estimate of drug-likeness (QED) is 0.747. The predicted molar refractivity (Wildman–Crippen MR) is 59.9 cm³/mol. The molecule has 0 fully saturated rings. The van der Waals surface area contributed by atoms with Crippen molar-refractivity contribution in [3.63, 3.8) is 0 Å². The number of rotatable bonds is 6. The maximum Gasteiger partial charge on any atom is 0.304 e. The molecule has 0 aliphatic heterocycles. The Morgan fingerprint density at radius 1 is 1.65 bits per heavy atom. The van der Waals surface area contributed by atoms with Gasteiger partial charge in [0, 0.05) is 19.3 Å². The normalized spacial score (nSPS) is 13.5. The Morgan fingerprint density at radius 2 is 2.29 bits per heavy atom. The van der Waals surface area contributed by atoms with Gasteiger partial charge in [0.1, 0.15) is 0 Å². The molecule has 8 heteroatoms. The fourth-order valence-electron chi connectivity index (χ4n) is 1.29. The van der Waals surface area contributed by atoms with E-state index in [9.17, 15) is 13.2 Å². The summed E-state index contributed by atoms with van der Waals surface area (Å²) in [4.78, 5) is 14.3. The van der Waals surface area contributed by atoms with Gasteiger partial charge >= 0.3 is 5.97 Å². The van der Waals surface area contributed by atoms with E-state index in [1.165, 1.54) is 17.1 Å². The number of nitrogens with one attached hydrogen (secondary N) is 1. The van der Waals surface area contributed by atoms with Crippen molar-refractivity contribution >= 4 is 16.0 Å². The Morgan fingerprint density at radius 3 is 2.71 bits per heavy atom. The molecule has 0 spiro atoms. The molecule has 1 rings (SSSR count). The number of nitrogens with zero attached hydrogens (tertiary/aromatic N) is 2. The van der Waals surface area contributed by atoms with Crippen LogP contribution in [0.4, 0.5) is 0 Å². The number of aromatic nitrogens is 2. The fraction of sp³-hybridized carbons (Fsp3) is 0.556. The van der Waals surface area contributed by atoms with Crippen molar-refractivity contribution in [2.75, 3.05) is 0 Å². The van der Waals surface area contributed by atoms with Crippen molar-refractivity contribution in [1.29, 1.82) is 0 Å². The second kappa shape index (κ2) is 5.28. The number of hydrogen-bond acceptors (Lipinski definition) is 4. The van der Waals surface area contributed by atoms with Gasteiger partial charge in [0.05, 0.1) is 12.7 Å². The Balaban J connectivity index is 2.81. The highest BCUT2D eigenvalue weighted by Gasteiger charge is 2.22. The molecule has 0 aliphatic carbocycles. The lowest BCUT2D eigenvalue weighted by atomic mass is 10.2. The van der Waals surface area contributed by atoms with Gasteiger partial charge in [0.15, 0.2) is 5.03 Å². The molecule has 1 heterocycles. The highest BCUT2D eigenvalue weighted by molar-refractivity contribution is 7.89. The van der Waals surface area contributed by atoms with Crippen LogP contribution in [-0.2, 0) is 21.9 Å². The van der Waals surface area contributed by atoms with E-state index in [0.717, 1.165) is 0 Å². The van der Waals surface area contributed by atoms with Crippen LogP contribution in [0.3, 0.4) is 0 Å². The summed E-state index contributed by atoms with van der Waals surface area (Å²) < 4.78 is 27.5. The summed E-state index contributed by atoms with van der Waals surface area (Å²) in [5.41, 5.74) is 0. The van der Waals surface area contributed by atoms with E-state index in [-0.39, 0.29) is 11.4 Å². The summed E-state index contributed by atoms with van der Waals surface area (Å²) in [6.07, 6.45) is 2.88. The van der Waals surface area contributed by atoms with Crippen LogP contribution in [0.1, 0.15) is 19.8 Å². The first-order valence-corrected chi connectivity index (χ1v) is 6.55. The van der Waals surface area contributed by atoms with Crippen LogP contribution in [-0.4, -0.2) is 35.1 Å². The summed E-state index contributed by atoms with van der Waals surface area (Å²) in [5, 5.41) is 8.52. The Bertz CT molecular complexity index is 494. The summed E-state index contributed by atoms with van der Waals surface area (Å²) >= 11 is 0. The minimum absolute atomic E-state index is 0.108. The van der Waals surface area contributed by atoms with Crippen molar-refractivity contribution in [2.45, 2.75) is 30.8 Å². The lowest BCUT2D eigenvalue weighted by molar-refractivity contribution is -0.137. The molecule has 0 saturated carbocycles. The molecular formula is C9H15N3O4S. The van der Waals surface area contributed by atoms with E-state index in [2.05, 4.69) is 9.71 Å². The van der Waals surface area contributed by atoms with Gasteiger partial charge < -0.3 is 9.67 Å². The van der Waals surface area contributed by atoms with E-state index in [1.54, 1.807) is 14.0 Å². The molecule has 1 aromatic rings. The van der Waals surface area contributed by atoms with Gasteiger partial charge in [-0.2, -0.15) is 0 Å². The minimum atomic E-state index is -3.74. The largest absolute Gasteiger partial charge is 0.481 e. The number of carboxylic acid groups (broad SMARTS) is 1. The van der Waals surface area contributed by atoms with E-state index in [0.29, 0.717) is 6.42 Å². The second-order valence-electron chi connectivity index (χ2n) is 3.70. The molecule has 0 aliphatic rings. The van der Waals surface area contributed by atoms with E-state index in [4.69, 9.17) is 5.11 Å². The molecule has 0 amide bonds. The highest BCUT2D eigenvalue weighted by Crippen LogP contribution is 2.08. The Hall–Kier alpha value is -1.41. The standard InChI is InChI=1S/C9H15N3O4S/c1-3-7(4-9(13)14)11-17(15,16)8-5-12(2)6-10-8/h5-7,11H,3-4H2,1-2H3,(H,13,14). The summed E-state index contributed by atoms with van der Waals surface area (Å²) in [7, 11) is -2.09. The van der Waals surface area contributed by atoms with Crippen LogP contribution in [0.25, 0.3) is 0 Å². The number of imidazole rings is 1. The molecule has 0 aromatic carbocycles. The molecule has 1 aromatic heterocycles. The van der Waals surface area contributed by atoms with E-state index < -0.39 is 22.0 Å². The first-order chi connectivity index (χ1) is 7.85. The number of aliphatic carboxylic acids is 1. The zero-order chi connectivity index (χ0) is 13.1. The van der Waals surface area contributed by atoms with Crippen molar-refractivity contribution < 1.29 is 18.3 Å². The Kier molecular flexibility index (Phi) is 4.24. The number of carbonyl (C=O) groups is 1. The third-order valence-electron chi connectivity index (χ3n) is 2.19. The van der Waals surface area contributed by atoms with Gasteiger partial charge in [-0.3, -0.25) is 4.79 Å². The van der Waals surface area contributed by atoms with Gasteiger partial charge in [0.25, 0.3) is 10.0 Å². The first-order valence-electron chi connectivity index (χ1n) is 5.07. The summed E-state index contributed by atoms with van der Waals surface area (Å²) in [6.45, 7) is 1.72. The highest BCUT2D eigenvalue weighted by atomic mass is 32.2. The maximum atomic E-state index is 11.8. The first kappa shape index (κ1) is 13.7. The van der Waals surface area contributed by atoms with Crippen LogP contribution in [0.2, 0.25) is 0 Å². The molecule has 7 nitrogen and oxygen atoms in total. The monoisotopic (exact) mass is 261 g/mol. The van der Waals surface area contributed by atoms with E-state index in [1.807, 2.05) is 0 Å². The molecule has 2 N–H and O–H groups in total. The Labute approximate surface area is 99.5 Å². The zero-order valence-corrected chi connectivity index (χ0v) is 10.4. The number of aryl methyl sites for hydroxylation is 1. The molecule has 1 unspecified atom stereocenters. The van der Waals surface area contributed by atoms with E-state index >= 15 is 0 Å². The molecular weight excluding hydrogens is 246 g/mol. The fourth-order valence-corrected chi connectivity index (χ4v) is 2.59. The van der Waals surface area contributed by atoms with Crippen molar-refractivity contribution in [1.82, 2.24) is 14.3 Å². The van der Waals surface area contributed by atoms with Crippen LogP contribution in [0.15, 0.2) is 17.6 Å². The molecule has 17 heavy (non-hydrogen) atoms. The SMILES string of the molecule is CCC(CC(=O)O)NS(=O)(=O)c1cn(C)cn1. The smallest absolute Gasteiger partial charge is 0.304 e. The molecule has 0 bridgehead atoms. The van der Waals surface area contributed by atoms with Crippen molar-refractivity contribution in [3.8, 4) is 0 Å². The molecule has 0 radical (unpaired) electrons. The third-order valence-corrected chi connectivity index (χ3v) is 3.60. The summed E-state index contributed by atoms with van der Waals surface area (Å²) in [6, 6.07) is -0.625. The number of carboxylic acids is 1. The zero-order valence-electron chi connectivity index (χ0n) is 9.62. The van der Waals surface area contributed by atoms with Crippen LogP contribution >= 0.6 is 0 Å². The number of sulfonamides is 1. The predicted octanol–water partition coefficient (Wildman–Crippen LogP) is -0.0483. The van der Waals surface area contributed by atoms with Crippen LogP contribution in [0, 0.1) is 0 Å². The average molecular weight is 261 g/mol. The topological polar surface area (TPSA) is 101 Å². The molecule has 0 saturated heterocycles. The van der Waals surface area contributed by atoms with Crippen molar-refractivity contribution in [3.05, 3.63) is 12.5 Å². The van der Waals surface area contributed by atoms with Gasteiger partial charge in [-0.15, -0.1) is 0 Å². The van der Waals surface area contributed by atoms with Gasteiger partial charge in [0.2, 0.25) is 0 Å². The van der Waals surface area contributed by atoms with Gasteiger partial charge in [-0.05, 0) is 6.42 Å². The van der Waals surface area contributed by atoms with Crippen LogP contribution in [0.5, 0.6) is 0 Å². The summed E-state index contributed by atoms with van der Waals surface area (Å²) in [5.74, 6) is -1.04. The molecule has 1 atom stereocenters. The second-order valence-corrected chi connectivity index (χ2v) is 5.36. The van der Waals surface area contributed by atoms with Gasteiger partial charge in [-0.1, -0.05) is 6.92 Å². The minimum Gasteiger partial charge on any atom is -0.481 e. The molecule has 96 valence electrons. The maximum absolute atomic E-state index is 11.8. The average Bonchev–Trinajstić information content (AvgIpc) is 2.63. The lowest BCUT2D eigenvalue weighted by Crippen LogP contribution is -2.36. The van der Waals surface area contributed by atoms with Gasteiger partial charge in [-0.25, -0.2) is 18.1 Å². The van der Waals surface area contributed by atoms with Crippen LogP contribution < -0.4 is 4.72 Å². The third kappa shape index (κ3) is 3.82. The number of hydrogen-bond donors (Lipinski definition) is 2. The van der Waals surface area contributed by atoms with Crippen molar-refractivity contribution in [2.24, 2.45) is 7.05 Å². The lowest BCUT2D eigenvalue weighted by Gasteiger charge is -2.13.